The van der Waals surface area contributed by atoms with Gasteiger partial charge in [-0.2, -0.15) is 0 Å². The van der Waals surface area contributed by atoms with Gasteiger partial charge >= 0.3 is 0 Å². The van der Waals surface area contributed by atoms with Crippen LogP contribution in [0.3, 0.4) is 0 Å². The molecular weight excluding hydrogens is 362 g/mol. The Hall–Kier alpha value is -2.13. The maximum atomic E-state index is 10.4. The Labute approximate surface area is 161 Å². The molecule has 3 atom stereocenters. The third kappa shape index (κ3) is 3.53. The lowest BCUT2D eigenvalue weighted by molar-refractivity contribution is 0.157. The van der Waals surface area contributed by atoms with Gasteiger partial charge in [0.2, 0.25) is 0 Å². The molecule has 2 heterocycles. The summed E-state index contributed by atoms with van der Waals surface area (Å²) >= 11 is 1.59. The molecule has 1 fully saturated rings. The molecule has 0 spiro atoms. The number of fused-ring (bicyclic) bond motifs is 1. The number of hydrogen-bond acceptors (Lipinski definition) is 8. The van der Waals surface area contributed by atoms with Gasteiger partial charge in [-0.25, -0.2) is 15.0 Å². The summed E-state index contributed by atoms with van der Waals surface area (Å²) in [4.78, 5) is 13.9. The van der Waals surface area contributed by atoms with Crippen molar-refractivity contribution in [1.82, 2.24) is 15.0 Å². The fraction of sp³-hybridized carbons (Fsp3) is 0.421. The Balaban J connectivity index is 1.76. The van der Waals surface area contributed by atoms with Gasteiger partial charge in [-0.15, -0.1) is 11.3 Å². The molecule has 7 nitrogen and oxygen atoms in total. The molecule has 0 bridgehead atoms. The van der Waals surface area contributed by atoms with Crippen molar-refractivity contribution in [2.45, 2.75) is 38.5 Å². The second-order valence-electron chi connectivity index (χ2n) is 6.98. The van der Waals surface area contributed by atoms with Crippen molar-refractivity contribution in [2.75, 3.05) is 11.9 Å². The largest absolute Gasteiger partial charge is 0.396 e. The number of para-hydroxylation sites is 1. The molecular formula is C19H23N5O2S. The van der Waals surface area contributed by atoms with Crippen LogP contribution in [0.4, 0.5) is 5.82 Å². The number of aliphatic hydroxyl groups excluding tert-OH is 2. The van der Waals surface area contributed by atoms with E-state index in [0.29, 0.717) is 24.5 Å². The van der Waals surface area contributed by atoms with E-state index in [1.54, 1.807) is 11.3 Å². The summed E-state index contributed by atoms with van der Waals surface area (Å²) in [5.74, 6) is 1.29. The molecule has 142 valence electrons. The van der Waals surface area contributed by atoms with Gasteiger partial charge in [0.25, 0.3) is 0 Å². The number of aromatic nitrogens is 3. The molecule has 1 saturated carbocycles. The molecule has 0 amide bonds. The van der Waals surface area contributed by atoms with Gasteiger partial charge in [-0.1, -0.05) is 12.1 Å². The highest BCUT2D eigenvalue weighted by Crippen LogP contribution is 2.37. The Morgan fingerprint density at radius 1 is 1.22 bits per heavy atom. The van der Waals surface area contributed by atoms with Gasteiger partial charge in [0.15, 0.2) is 0 Å². The zero-order chi connectivity index (χ0) is 19.0. The average molecular weight is 385 g/mol. The lowest BCUT2D eigenvalue weighted by Gasteiger charge is -2.20. The van der Waals surface area contributed by atoms with Crippen LogP contribution in [-0.2, 0) is 6.54 Å². The van der Waals surface area contributed by atoms with Crippen molar-refractivity contribution in [2.24, 2.45) is 11.7 Å². The number of hydrogen-bond donors (Lipinski definition) is 4. The van der Waals surface area contributed by atoms with Crippen LogP contribution in [0, 0.1) is 12.8 Å². The number of nitrogens with one attached hydrogen (secondary N) is 1. The smallest absolute Gasteiger partial charge is 0.144 e. The quantitative estimate of drug-likeness (QED) is 0.531. The molecule has 1 aliphatic carbocycles. The van der Waals surface area contributed by atoms with Crippen molar-refractivity contribution in [3.63, 3.8) is 0 Å². The van der Waals surface area contributed by atoms with E-state index in [0.717, 1.165) is 26.5 Å². The van der Waals surface area contributed by atoms with Crippen molar-refractivity contribution in [1.29, 1.82) is 0 Å². The zero-order valence-corrected chi connectivity index (χ0v) is 15.9. The molecule has 1 aliphatic rings. The maximum absolute atomic E-state index is 10.4. The summed E-state index contributed by atoms with van der Waals surface area (Å²) < 4.78 is 1.10. The molecule has 5 N–H and O–H groups in total. The van der Waals surface area contributed by atoms with Crippen LogP contribution >= 0.6 is 11.3 Å². The van der Waals surface area contributed by atoms with Crippen LogP contribution in [0.15, 0.2) is 24.3 Å². The number of nitrogens with zero attached hydrogens (tertiary/aromatic N) is 3. The number of nitrogens with two attached hydrogens (primary N) is 1. The predicted molar refractivity (Wildman–Crippen MR) is 107 cm³/mol. The molecule has 27 heavy (non-hydrogen) atoms. The van der Waals surface area contributed by atoms with Gasteiger partial charge in [0, 0.05) is 6.61 Å². The van der Waals surface area contributed by atoms with E-state index in [4.69, 9.17) is 10.7 Å². The van der Waals surface area contributed by atoms with Gasteiger partial charge in [0.1, 0.15) is 16.6 Å². The van der Waals surface area contributed by atoms with Crippen LogP contribution in [0.2, 0.25) is 0 Å². The predicted octanol–water partition coefficient (Wildman–Crippen LogP) is 2.06. The lowest BCUT2D eigenvalue weighted by Crippen LogP contribution is -2.29. The second-order valence-corrected chi connectivity index (χ2v) is 8.01. The minimum absolute atomic E-state index is 0.0802. The van der Waals surface area contributed by atoms with E-state index in [2.05, 4.69) is 15.3 Å². The summed E-state index contributed by atoms with van der Waals surface area (Å²) in [5, 5.41) is 24.0. The molecule has 0 saturated heterocycles. The summed E-state index contributed by atoms with van der Waals surface area (Å²) in [6.07, 6.45) is 0.748. The van der Waals surface area contributed by atoms with E-state index in [-0.39, 0.29) is 25.1 Å². The first-order chi connectivity index (χ1) is 13.1. The molecule has 8 heteroatoms. The van der Waals surface area contributed by atoms with E-state index in [9.17, 15) is 10.2 Å². The van der Waals surface area contributed by atoms with Crippen molar-refractivity contribution in [3.8, 4) is 10.6 Å². The van der Waals surface area contributed by atoms with E-state index < -0.39 is 6.10 Å². The Bertz CT molecular complexity index is 927. The summed E-state index contributed by atoms with van der Waals surface area (Å²) in [6.45, 7) is 2.24. The standard InChI is InChI=1S/C19H23N5O2S/c1-10-17(19-23-12-4-2-3-5-15(12)27-19)18(24-16(8-20)21-10)22-13-6-11(9-25)7-14(13)26/h2-5,11,13-14,25-26H,6-9,20H2,1H3,(H,21,22,24)/t11-,13+,14+/m0/s1. The number of aliphatic hydroxyl groups is 2. The van der Waals surface area contributed by atoms with Gasteiger partial charge in [0.05, 0.1) is 40.2 Å². The number of benzene rings is 1. The lowest BCUT2D eigenvalue weighted by atomic mass is 10.1. The SMILES string of the molecule is Cc1nc(CN)nc(N[C@@H]2C[C@H](CO)C[C@H]2O)c1-c1nc2ccccc2s1. The highest BCUT2D eigenvalue weighted by atomic mass is 32.1. The summed E-state index contributed by atoms with van der Waals surface area (Å²) in [7, 11) is 0. The van der Waals surface area contributed by atoms with E-state index >= 15 is 0 Å². The van der Waals surface area contributed by atoms with Gasteiger partial charge < -0.3 is 21.3 Å². The number of aryl methyl sites for hydroxylation is 1. The second kappa shape index (κ2) is 7.47. The average Bonchev–Trinajstić information content (AvgIpc) is 3.24. The minimum atomic E-state index is -0.526. The first-order valence-corrected chi connectivity index (χ1v) is 9.89. The fourth-order valence-corrected chi connectivity index (χ4v) is 4.72. The number of anilines is 1. The number of rotatable bonds is 5. The maximum Gasteiger partial charge on any atom is 0.144 e. The Kier molecular flexibility index (Phi) is 5.05. The number of thiazole rings is 1. The molecule has 1 aromatic carbocycles. The molecule has 0 unspecified atom stereocenters. The molecule has 3 aromatic rings. The highest BCUT2D eigenvalue weighted by molar-refractivity contribution is 7.21. The third-order valence-corrected chi connectivity index (χ3v) is 6.09. The van der Waals surface area contributed by atoms with Gasteiger partial charge in [-0.05, 0) is 37.8 Å². The minimum Gasteiger partial charge on any atom is -0.396 e. The zero-order valence-electron chi connectivity index (χ0n) is 15.1. The van der Waals surface area contributed by atoms with E-state index in [1.165, 1.54) is 0 Å². The first kappa shape index (κ1) is 18.2. The highest BCUT2D eigenvalue weighted by Gasteiger charge is 2.33. The van der Waals surface area contributed by atoms with Crippen molar-refractivity contribution in [3.05, 3.63) is 35.8 Å². The Morgan fingerprint density at radius 3 is 2.74 bits per heavy atom. The fourth-order valence-electron chi connectivity index (χ4n) is 3.66. The monoisotopic (exact) mass is 385 g/mol. The van der Waals surface area contributed by atoms with Crippen LogP contribution in [0.1, 0.15) is 24.4 Å². The van der Waals surface area contributed by atoms with Crippen LogP contribution in [0.5, 0.6) is 0 Å². The molecule has 2 aromatic heterocycles. The molecule has 4 rings (SSSR count). The van der Waals surface area contributed by atoms with E-state index in [1.807, 2.05) is 31.2 Å². The molecule has 0 aliphatic heterocycles. The topological polar surface area (TPSA) is 117 Å². The van der Waals surface area contributed by atoms with Crippen LogP contribution < -0.4 is 11.1 Å². The Morgan fingerprint density at radius 2 is 2.04 bits per heavy atom. The van der Waals surface area contributed by atoms with Crippen LogP contribution in [-0.4, -0.2) is 43.9 Å². The summed E-state index contributed by atoms with van der Waals surface area (Å²) in [5.41, 5.74) is 8.35. The summed E-state index contributed by atoms with van der Waals surface area (Å²) in [6, 6.07) is 7.82. The normalized spacial score (nSPS) is 22.4. The van der Waals surface area contributed by atoms with Crippen molar-refractivity contribution >= 4 is 27.4 Å². The van der Waals surface area contributed by atoms with Crippen LogP contribution in [0.25, 0.3) is 20.8 Å². The molecule has 0 radical (unpaired) electrons. The third-order valence-electron chi connectivity index (χ3n) is 5.03. The van der Waals surface area contributed by atoms with Gasteiger partial charge in [-0.3, -0.25) is 0 Å². The first-order valence-electron chi connectivity index (χ1n) is 9.08. The van der Waals surface area contributed by atoms with Crippen molar-refractivity contribution < 1.29 is 10.2 Å².